The predicted octanol–water partition coefficient (Wildman–Crippen LogP) is 2.55. The van der Waals surface area contributed by atoms with E-state index < -0.39 is 0 Å². The molecule has 0 saturated carbocycles. The fourth-order valence-corrected chi connectivity index (χ4v) is 2.91. The molecule has 2 atom stereocenters. The molecule has 0 radical (unpaired) electrons. The summed E-state index contributed by atoms with van der Waals surface area (Å²) < 4.78 is 0. The Hall–Kier alpha value is -1.15. The highest BCUT2D eigenvalue weighted by atomic mass is 14.9. The third-order valence-electron chi connectivity index (χ3n) is 3.74. The van der Waals surface area contributed by atoms with Crippen molar-refractivity contribution < 1.29 is 0 Å². The second kappa shape index (κ2) is 4.02. The van der Waals surface area contributed by atoms with Crippen molar-refractivity contribution in [2.75, 3.05) is 6.54 Å². The summed E-state index contributed by atoms with van der Waals surface area (Å²) in [6.07, 6.45) is 10.2. The Labute approximate surface area is 96.8 Å². The van der Waals surface area contributed by atoms with Crippen molar-refractivity contribution in [3.05, 3.63) is 35.7 Å². The maximum atomic E-state index is 4.28. The zero-order valence-corrected chi connectivity index (χ0v) is 9.74. The van der Waals surface area contributed by atoms with Crippen LogP contribution in [0.15, 0.2) is 24.5 Å². The van der Waals surface area contributed by atoms with E-state index in [-0.39, 0.29) is 0 Å². The normalized spacial score (nSPS) is 28.7. The molecule has 2 nitrogen and oxygen atoms in total. The molecule has 3 rings (SSSR count). The molecule has 0 bridgehead atoms. The molecule has 1 saturated heterocycles. The molecule has 1 fully saturated rings. The van der Waals surface area contributed by atoms with Crippen LogP contribution < -0.4 is 5.32 Å². The van der Waals surface area contributed by atoms with Gasteiger partial charge in [0.2, 0.25) is 0 Å². The first kappa shape index (κ1) is 10.0. The number of rotatable bonds is 1. The van der Waals surface area contributed by atoms with E-state index in [0.29, 0.717) is 6.04 Å². The van der Waals surface area contributed by atoms with Gasteiger partial charge in [-0.05, 0) is 61.4 Å². The van der Waals surface area contributed by atoms with Crippen molar-refractivity contribution in [3.8, 4) is 0 Å². The van der Waals surface area contributed by atoms with Gasteiger partial charge in [-0.15, -0.1) is 0 Å². The quantitative estimate of drug-likeness (QED) is 0.777. The molecule has 84 valence electrons. The Kier molecular flexibility index (Phi) is 2.52. The number of nitrogens with zero attached hydrogens (tertiary/aromatic N) is 1. The summed E-state index contributed by atoms with van der Waals surface area (Å²) in [4.78, 5) is 4.28. The Morgan fingerprint density at radius 2 is 2.31 bits per heavy atom. The summed E-state index contributed by atoms with van der Waals surface area (Å²) in [6, 6.07) is 2.93. The Morgan fingerprint density at radius 1 is 1.38 bits per heavy atom. The molecule has 0 aromatic carbocycles. The van der Waals surface area contributed by atoms with Crippen molar-refractivity contribution in [3.63, 3.8) is 0 Å². The van der Waals surface area contributed by atoms with E-state index in [1.165, 1.54) is 42.5 Å². The molecule has 1 aliphatic heterocycles. The van der Waals surface area contributed by atoms with Gasteiger partial charge in [-0.1, -0.05) is 6.08 Å². The average molecular weight is 214 g/mol. The number of fused-ring (bicyclic) bond motifs is 1. The molecule has 16 heavy (non-hydrogen) atoms. The minimum Gasteiger partial charge on any atom is -0.313 e. The molecule has 1 aromatic heterocycles. The van der Waals surface area contributed by atoms with E-state index in [0.717, 1.165) is 5.92 Å². The number of aromatic nitrogens is 1. The minimum atomic E-state index is 0.685. The van der Waals surface area contributed by atoms with Gasteiger partial charge in [-0.3, -0.25) is 4.98 Å². The minimum absolute atomic E-state index is 0.685. The zero-order chi connectivity index (χ0) is 11.0. The largest absolute Gasteiger partial charge is 0.313 e. The summed E-state index contributed by atoms with van der Waals surface area (Å²) in [5, 5.41) is 3.62. The number of hydrogen-bond acceptors (Lipinski definition) is 2. The highest BCUT2D eigenvalue weighted by molar-refractivity contribution is 5.68. The number of nitrogens with one attached hydrogen (secondary N) is 1. The van der Waals surface area contributed by atoms with Crippen molar-refractivity contribution in [1.82, 2.24) is 10.3 Å². The van der Waals surface area contributed by atoms with E-state index in [1.807, 2.05) is 12.4 Å². The van der Waals surface area contributed by atoms with Crippen molar-refractivity contribution in [2.24, 2.45) is 5.92 Å². The van der Waals surface area contributed by atoms with Gasteiger partial charge in [-0.2, -0.15) is 0 Å². The first-order chi connectivity index (χ1) is 7.83. The second-order valence-electron chi connectivity index (χ2n) is 5.01. The summed E-state index contributed by atoms with van der Waals surface area (Å²) >= 11 is 0. The molecule has 1 aliphatic carbocycles. The lowest BCUT2D eigenvalue weighted by Gasteiger charge is -2.25. The molecule has 2 heteroatoms. The molecule has 2 unspecified atom stereocenters. The van der Waals surface area contributed by atoms with Gasteiger partial charge in [0.25, 0.3) is 0 Å². The topological polar surface area (TPSA) is 24.9 Å². The van der Waals surface area contributed by atoms with E-state index in [2.05, 4.69) is 29.4 Å². The maximum absolute atomic E-state index is 4.28. The molecular weight excluding hydrogens is 196 g/mol. The fourth-order valence-electron chi connectivity index (χ4n) is 2.91. The summed E-state index contributed by atoms with van der Waals surface area (Å²) in [5.41, 5.74) is 4.05. The lowest BCUT2D eigenvalue weighted by atomic mass is 9.94. The lowest BCUT2D eigenvalue weighted by molar-refractivity contribution is 0.348. The zero-order valence-electron chi connectivity index (χ0n) is 9.74. The average Bonchev–Trinajstić information content (AvgIpc) is 2.72. The molecule has 1 N–H and O–H groups in total. The molecule has 2 aliphatic rings. The van der Waals surface area contributed by atoms with Gasteiger partial charge < -0.3 is 5.32 Å². The fraction of sp³-hybridized carbons (Fsp3) is 0.500. The highest BCUT2D eigenvalue weighted by Crippen LogP contribution is 2.35. The third kappa shape index (κ3) is 1.78. The van der Waals surface area contributed by atoms with Crippen LogP contribution in [0, 0.1) is 12.8 Å². The van der Waals surface area contributed by atoms with Gasteiger partial charge >= 0.3 is 0 Å². The molecule has 0 amide bonds. The van der Waals surface area contributed by atoms with E-state index in [4.69, 9.17) is 0 Å². The first-order valence-electron chi connectivity index (χ1n) is 6.19. The Balaban J connectivity index is 1.86. The van der Waals surface area contributed by atoms with Crippen LogP contribution in [0.3, 0.4) is 0 Å². The summed E-state index contributed by atoms with van der Waals surface area (Å²) in [6.45, 7) is 3.30. The van der Waals surface area contributed by atoms with E-state index in [9.17, 15) is 0 Å². The lowest BCUT2D eigenvalue weighted by Crippen LogP contribution is -2.37. The van der Waals surface area contributed by atoms with Crippen LogP contribution in [0.4, 0.5) is 0 Å². The molecule has 1 aromatic rings. The van der Waals surface area contributed by atoms with Gasteiger partial charge in [0.1, 0.15) is 0 Å². The second-order valence-corrected chi connectivity index (χ2v) is 5.01. The standard InChI is InChI=1S/C14H18N2/c1-10-5-13(9-15-8-10)12-6-11-3-2-4-16-14(11)7-12/h5-6,8-9,11,14,16H,2-4,7H2,1H3. The summed E-state index contributed by atoms with van der Waals surface area (Å²) in [5.74, 6) is 0.754. The highest BCUT2D eigenvalue weighted by Gasteiger charge is 2.29. The van der Waals surface area contributed by atoms with Crippen LogP contribution in [-0.4, -0.2) is 17.6 Å². The monoisotopic (exact) mass is 214 g/mol. The number of aryl methyl sites for hydroxylation is 1. The van der Waals surface area contributed by atoms with Crippen molar-refractivity contribution in [2.45, 2.75) is 32.2 Å². The predicted molar refractivity (Wildman–Crippen MR) is 66.1 cm³/mol. The van der Waals surface area contributed by atoms with Gasteiger partial charge in [-0.25, -0.2) is 0 Å². The van der Waals surface area contributed by atoms with E-state index >= 15 is 0 Å². The molecule has 2 heterocycles. The SMILES string of the molecule is Cc1cncc(C2=CC3CCCNC3C2)c1. The Morgan fingerprint density at radius 3 is 3.12 bits per heavy atom. The summed E-state index contributed by atoms with van der Waals surface area (Å²) in [7, 11) is 0. The smallest absolute Gasteiger partial charge is 0.0343 e. The van der Waals surface area contributed by atoms with Crippen molar-refractivity contribution >= 4 is 5.57 Å². The molecule has 0 spiro atoms. The number of pyridine rings is 1. The van der Waals surface area contributed by atoms with Crippen LogP contribution in [-0.2, 0) is 0 Å². The van der Waals surface area contributed by atoms with Crippen LogP contribution in [0.2, 0.25) is 0 Å². The van der Waals surface area contributed by atoms with Crippen LogP contribution in [0.5, 0.6) is 0 Å². The van der Waals surface area contributed by atoms with Crippen LogP contribution in [0.1, 0.15) is 30.4 Å². The molecular formula is C14H18N2. The third-order valence-corrected chi connectivity index (χ3v) is 3.74. The Bertz CT molecular complexity index is 422. The van der Waals surface area contributed by atoms with Gasteiger partial charge in [0, 0.05) is 18.4 Å². The van der Waals surface area contributed by atoms with Crippen LogP contribution in [0.25, 0.3) is 5.57 Å². The number of hydrogen-bond donors (Lipinski definition) is 1. The van der Waals surface area contributed by atoms with E-state index in [1.54, 1.807) is 0 Å². The van der Waals surface area contributed by atoms with Gasteiger partial charge in [0.15, 0.2) is 0 Å². The van der Waals surface area contributed by atoms with Crippen molar-refractivity contribution in [1.29, 1.82) is 0 Å². The first-order valence-corrected chi connectivity index (χ1v) is 6.19. The maximum Gasteiger partial charge on any atom is 0.0343 e. The van der Waals surface area contributed by atoms with Gasteiger partial charge in [0.05, 0.1) is 0 Å². The number of piperidine rings is 1. The van der Waals surface area contributed by atoms with Crippen LogP contribution >= 0.6 is 0 Å².